The Labute approximate surface area is 118 Å². The van der Waals surface area contributed by atoms with Crippen molar-refractivity contribution in [2.24, 2.45) is 0 Å². The summed E-state index contributed by atoms with van der Waals surface area (Å²) < 4.78 is 19.9. The van der Waals surface area contributed by atoms with Crippen LogP contribution < -0.4 is 4.74 Å². The van der Waals surface area contributed by atoms with E-state index >= 15 is 0 Å². The van der Waals surface area contributed by atoms with Crippen LogP contribution >= 0.6 is 0 Å². The minimum Gasteiger partial charge on any atom is -0.999 e. The SMILES string of the molecule is COc1cc[c-]cc1.[C-]#[O+].[C-]#[O+].[Fe].[c-]1[c-][c-][cH-][c-]1. The van der Waals surface area contributed by atoms with Crippen LogP contribution in [0.3, 0.4) is 0 Å². The van der Waals surface area contributed by atoms with Gasteiger partial charge in [-0.1, -0.05) is 0 Å². The third-order valence-corrected chi connectivity index (χ3v) is 1.27. The first-order valence-electron chi connectivity index (χ1n) is 4.17. The number of methoxy groups -OCH3 is 1. The first kappa shape index (κ1) is 21.6. The molecule has 2 aromatic rings. The Morgan fingerprint density at radius 2 is 1.50 bits per heavy atom. The third-order valence-electron chi connectivity index (χ3n) is 1.27. The second kappa shape index (κ2) is 20.7. The Bertz CT molecular complexity index is 342. The van der Waals surface area contributed by atoms with E-state index in [0.717, 1.165) is 5.75 Å². The number of ether oxygens (including phenoxy) is 1. The van der Waals surface area contributed by atoms with Crippen LogP contribution in [0.25, 0.3) is 0 Å². The van der Waals surface area contributed by atoms with Crippen molar-refractivity contribution in [1.82, 2.24) is 0 Å². The van der Waals surface area contributed by atoms with Crippen LogP contribution in [0.15, 0.2) is 30.3 Å². The molecule has 0 unspecified atom stereocenters. The van der Waals surface area contributed by atoms with Crippen LogP contribution in [0.4, 0.5) is 0 Å². The van der Waals surface area contributed by atoms with Crippen molar-refractivity contribution >= 4 is 0 Å². The third kappa shape index (κ3) is 14.4. The summed E-state index contributed by atoms with van der Waals surface area (Å²) in [6, 6.07) is 22.2. The molecule has 0 saturated carbocycles. The Balaban J connectivity index is -0.000000196. The minimum atomic E-state index is 0. The molecule has 0 fully saturated rings. The van der Waals surface area contributed by atoms with Crippen LogP contribution in [0.2, 0.25) is 0 Å². The molecule has 0 amide bonds. The summed E-state index contributed by atoms with van der Waals surface area (Å²) in [5.41, 5.74) is 0. The first-order valence-corrected chi connectivity index (χ1v) is 4.17. The molecular formula is C14H8FeO3-6. The van der Waals surface area contributed by atoms with Gasteiger partial charge in [-0.15, -0.1) is 12.1 Å². The van der Waals surface area contributed by atoms with Crippen molar-refractivity contribution in [3.05, 3.63) is 74.0 Å². The van der Waals surface area contributed by atoms with E-state index in [1.54, 1.807) is 13.2 Å². The predicted octanol–water partition coefficient (Wildman–Crippen LogP) is 2.02. The van der Waals surface area contributed by atoms with E-state index < -0.39 is 0 Å². The van der Waals surface area contributed by atoms with Crippen LogP contribution in [-0.4, -0.2) is 7.11 Å². The van der Waals surface area contributed by atoms with Gasteiger partial charge in [0.15, 0.2) is 0 Å². The zero-order valence-corrected chi connectivity index (χ0v) is 10.6. The molecule has 0 saturated heterocycles. The fourth-order valence-electron chi connectivity index (χ4n) is 0.688. The van der Waals surface area contributed by atoms with Crippen molar-refractivity contribution in [2.75, 3.05) is 7.11 Å². The Morgan fingerprint density at radius 1 is 1.06 bits per heavy atom. The van der Waals surface area contributed by atoms with Crippen molar-refractivity contribution < 1.29 is 31.1 Å². The second-order valence-electron chi connectivity index (χ2n) is 2.12. The minimum absolute atomic E-state index is 0. The zero-order valence-electron chi connectivity index (χ0n) is 9.47. The van der Waals surface area contributed by atoms with Gasteiger partial charge in [-0.3, -0.25) is 0 Å². The number of hydrogen-bond donors (Lipinski definition) is 0. The van der Waals surface area contributed by atoms with E-state index in [0.29, 0.717) is 0 Å². The van der Waals surface area contributed by atoms with E-state index in [2.05, 4.69) is 43.6 Å². The molecule has 0 aliphatic carbocycles. The van der Waals surface area contributed by atoms with Gasteiger partial charge < -0.3 is 35.1 Å². The molecule has 4 heteroatoms. The summed E-state index contributed by atoms with van der Waals surface area (Å²) in [5, 5.41) is 0. The van der Waals surface area contributed by atoms with Crippen molar-refractivity contribution in [2.45, 2.75) is 0 Å². The van der Waals surface area contributed by atoms with E-state index in [4.69, 9.17) is 14.0 Å². The molecule has 96 valence electrons. The van der Waals surface area contributed by atoms with Gasteiger partial charge >= 0.3 is 22.6 Å². The molecule has 2 aromatic carbocycles. The molecule has 0 heterocycles. The fourth-order valence-corrected chi connectivity index (χ4v) is 0.688. The van der Waals surface area contributed by atoms with Gasteiger partial charge in [-0.2, -0.15) is 18.2 Å². The maximum Gasteiger partial charge on any atom is 0 e. The van der Waals surface area contributed by atoms with E-state index in [1.165, 1.54) is 0 Å². The van der Waals surface area contributed by atoms with Crippen LogP contribution in [0.1, 0.15) is 0 Å². The Kier molecular flexibility index (Phi) is 24.9. The van der Waals surface area contributed by atoms with E-state index in [1.807, 2.05) is 24.3 Å². The van der Waals surface area contributed by atoms with Gasteiger partial charge in [0.25, 0.3) is 0 Å². The maximum absolute atomic E-state index is 7.50. The van der Waals surface area contributed by atoms with Crippen LogP contribution in [-0.2, 0) is 26.4 Å². The molecule has 3 nitrogen and oxygen atoms in total. The van der Waals surface area contributed by atoms with E-state index in [-0.39, 0.29) is 17.1 Å². The summed E-state index contributed by atoms with van der Waals surface area (Å²) in [7, 11) is 1.65. The maximum atomic E-state index is 7.50. The first-order chi connectivity index (χ1) is 8.43. The molecule has 0 atom stereocenters. The van der Waals surface area contributed by atoms with Crippen LogP contribution in [0, 0.1) is 43.6 Å². The molecule has 0 aliphatic rings. The molecule has 0 N–H and O–H groups in total. The summed E-state index contributed by atoms with van der Waals surface area (Å²) in [4.78, 5) is 0. The quantitative estimate of drug-likeness (QED) is 0.448. The standard InChI is InChI=1S/C7H7O.C5H.2CO.Fe/c1-8-7-5-3-2-4-6-7;1-2-4-5-3-1;2*1-2;/h3-6H,1H3;1H;;;/q-1;-5;;;. The van der Waals surface area contributed by atoms with Crippen molar-refractivity contribution in [3.8, 4) is 5.75 Å². The van der Waals surface area contributed by atoms with Gasteiger partial charge in [0.2, 0.25) is 0 Å². The second-order valence-corrected chi connectivity index (χ2v) is 2.12. The fraction of sp³-hybridized carbons (Fsp3) is 0.0714. The van der Waals surface area contributed by atoms with Crippen molar-refractivity contribution in [3.63, 3.8) is 0 Å². The number of hydrogen-bond acceptors (Lipinski definition) is 1. The van der Waals surface area contributed by atoms with Crippen molar-refractivity contribution in [1.29, 1.82) is 0 Å². The molecule has 0 radical (unpaired) electrons. The van der Waals surface area contributed by atoms with Gasteiger partial charge in [0, 0.05) is 22.8 Å². The Morgan fingerprint density at radius 3 is 1.72 bits per heavy atom. The van der Waals surface area contributed by atoms with Crippen LogP contribution in [0.5, 0.6) is 5.75 Å². The smallest absolute Gasteiger partial charge is 0 e. The molecule has 0 aliphatic heterocycles. The summed E-state index contributed by atoms with van der Waals surface area (Å²) in [5.74, 6) is 0.878. The average Bonchev–Trinajstić information content (AvgIpc) is 3.03. The molecule has 0 spiro atoms. The summed E-state index contributed by atoms with van der Waals surface area (Å²) >= 11 is 0. The van der Waals surface area contributed by atoms with Gasteiger partial charge in [-0.25, -0.2) is 0 Å². The number of rotatable bonds is 1. The average molecular weight is 280 g/mol. The largest absolute Gasteiger partial charge is 0.999 e. The van der Waals surface area contributed by atoms with E-state index in [9.17, 15) is 0 Å². The predicted molar refractivity (Wildman–Crippen MR) is 57.1 cm³/mol. The van der Waals surface area contributed by atoms with Gasteiger partial charge in [0.05, 0.1) is 7.11 Å². The molecule has 2 rings (SSSR count). The monoisotopic (exact) mass is 280 g/mol. The zero-order chi connectivity index (χ0) is 13.4. The molecule has 18 heavy (non-hydrogen) atoms. The molecular weight excluding hydrogens is 272 g/mol. The summed E-state index contributed by atoms with van der Waals surface area (Å²) in [6.07, 6.45) is 0. The Hall–Kier alpha value is -1.63. The molecule has 0 bridgehead atoms. The summed E-state index contributed by atoms with van der Waals surface area (Å²) in [6.45, 7) is 9.00. The van der Waals surface area contributed by atoms with Gasteiger partial charge in [-0.05, 0) is 0 Å². The topological polar surface area (TPSA) is 49.0 Å². The number of benzene rings is 1. The van der Waals surface area contributed by atoms with Gasteiger partial charge in [0.1, 0.15) is 0 Å². The normalized spacial score (nSPS) is 6.28. The molecule has 0 aromatic heterocycles.